The fourth-order valence-electron chi connectivity index (χ4n) is 1.32. The first-order chi connectivity index (χ1) is 7.63. The van der Waals surface area contributed by atoms with Gasteiger partial charge in [0, 0.05) is 14.2 Å². The van der Waals surface area contributed by atoms with E-state index in [1.54, 1.807) is 14.2 Å². The molecule has 0 spiro atoms. The fourth-order valence-corrected chi connectivity index (χ4v) is 2.43. The normalized spacial score (nSPS) is 11.4. The maximum absolute atomic E-state index is 5.42. The van der Waals surface area contributed by atoms with Crippen molar-refractivity contribution in [2.75, 3.05) is 14.2 Å². The van der Waals surface area contributed by atoms with Gasteiger partial charge in [-0.25, -0.2) is 0 Å². The van der Waals surface area contributed by atoms with Crippen LogP contribution in [0.3, 0.4) is 0 Å². The first-order valence-corrected chi connectivity index (χ1v) is 7.82. The van der Waals surface area contributed by atoms with Crippen molar-refractivity contribution in [3.63, 3.8) is 0 Å². The molecule has 87 valence electrons. The molecule has 0 aliphatic heterocycles. The van der Waals surface area contributed by atoms with Crippen LogP contribution in [0, 0.1) is 6.42 Å². The maximum Gasteiger partial charge on any atom is 0.335 e. The Morgan fingerprint density at radius 3 is 2.06 bits per heavy atom. The zero-order chi connectivity index (χ0) is 12.0. The third-order valence-corrected chi connectivity index (χ3v) is 5.42. The quantitative estimate of drug-likeness (QED) is 0.705. The molecular weight excluding hydrogens is 216 g/mol. The van der Waals surface area contributed by atoms with E-state index in [9.17, 15) is 0 Å². The highest BCUT2D eigenvalue weighted by Gasteiger charge is 2.28. The maximum atomic E-state index is 5.42. The first-order valence-electron chi connectivity index (χ1n) is 5.29. The summed E-state index contributed by atoms with van der Waals surface area (Å²) in [7, 11) is 1.45. The van der Waals surface area contributed by atoms with Crippen molar-refractivity contribution in [3.05, 3.63) is 48.4 Å². The first kappa shape index (κ1) is 13.2. The Morgan fingerprint density at radius 1 is 1.12 bits per heavy atom. The smallest absolute Gasteiger partial charge is 0.335 e. The van der Waals surface area contributed by atoms with E-state index >= 15 is 0 Å². The predicted octanol–water partition coefficient (Wildman–Crippen LogP) is 3.25. The molecule has 0 fully saturated rings. The largest absolute Gasteiger partial charge is 0.398 e. The summed E-state index contributed by atoms with van der Waals surface area (Å²) in [6, 6.07) is 9.12. The second-order valence-electron chi connectivity index (χ2n) is 3.82. The van der Waals surface area contributed by atoms with E-state index in [1.807, 2.05) is 6.08 Å². The molecule has 0 unspecified atom stereocenters. The molecule has 1 radical (unpaired) electrons. The van der Waals surface area contributed by atoms with Gasteiger partial charge in [-0.15, -0.1) is 0 Å². The molecule has 0 heterocycles. The van der Waals surface area contributed by atoms with Crippen molar-refractivity contribution < 1.29 is 8.85 Å². The summed E-state index contributed by atoms with van der Waals surface area (Å²) in [5.41, 5.74) is 2.33. The highest BCUT2D eigenvalue weighted by atomic mass is 28.4. The van der Waals surface area contributed by atoms with Crippen LogP contribution in [0.15, 0.2) is 30.8 Å². The highest BCUT2D eigenvalue weighted by Crippen LogP contribution is 2.17. The van der Waals surface area contributed by atoms with Crippen LogP contribution in [-0.2, 0) is 8.85 Å². The van der Waals surface area contributed by atoms with Crippen molar-refractivity contribution in [2.24, 2.45) is 0 Å². The van der Waals surface area contributed by atoms with E-state index in [4.69, 9.17) is 8.85 Å². The van der Waals surface area contributed by atoms with Gasteiger partial charge in [0.1, 0.15) is 0 Å². The molecule has 0 bridgehead atoms. The van der Waals surface area contributed by atoms with E-state index in [0.717, 1.165) is 11.6 Å². The third kappa shape index (κ3) is 3.59. The van der Waals surface area contributed by atoms with Gasteiger partial charge in [-0.2, -0.15) is 0 Å². The van der Waals surface area contributed by atoms with Gasteiger partial charge >= 0.3 is 8.56 Å². The predicted molar refractivity (Wildman–Crippen MR) is 70.4 cm³/mol. The molecular formula is C13H19O2Si. The standard InChI is InChI=1S/C13H19O2Si/c1-5-12-6-8-13(9-7-12)10-11-16(4,14-2)15-3/h5-10H,1,11H2,2-4H3. The molecule has 1 rings (SSSR count). The molecule has 16 heavy (non-hydrogen) atoms. The van der Waals surface area contributed by atoms with Crippen LogP contribution in [0.4, 0.5) is 0 Å². The Labute approximate surface area is 99.2 Å². The zero-order valence-electron chi connectivity index (χ0n) is 10.2. The van der Waals surface area contributed by atoms with Crippen LogP contribution in [0.25, 0.3) is 6.08 Å². The number of benzene rings is 1. The number of rotatable bonds is 6. The van der Waals surface area contributed by atoms with E-state index in [0.29, 0.717) is 0 Å². The molecule has 0 amide bonds. The summed E-state index contributed by atoms with van der Waals surface area (Å²) >= 11 is 0. The molecule has 0 aliphatic rings. The van der Waals surface area contributed by atoms with Crippen LogP contribution in [0.1, 0.15) is 11.1 Å². The molecule has 0 N–H and O–H groups in total. The molecule has 3 heteroatoms. The van der Waals surface area contributed by atoms with Crippen molar-refractivity contribution in [3.8, 4) is 0 Å². The van der Waals surface area contributed by atoms with Gasteiger partial charge in [0.05, 0.1) is 0 Å². The van der Waals surface area contributed by atoms with Crippen molar-refractivity contribution in [1.29, 1.82) is 0 Å². The van der Waals surface area contributed by atoms with E-state index in [2.05, 4.69) is 43.8 Å². The average molecular weight is 235 g/mol. The number of hydrogen-bond donors (Lipinski definition) is 0. The minimum absolute atomic E-state index is 0.855. The lowest BCUT2D eigenvalue weighted by Crippen LogP contribution is -2.35. The fraction of sp³-hybridized carbons (Fsp3) is 0.308. The summed E-state index contributed by atoms with van der Waals surface area (Å²) in [5, 5.41) is 0. The van der Waals surface area contributed by atoms with E-state index in [1.165, 1.54) is 5.56 Å². The highest BCUT2D eigenvalue weighted by molar-refractivity contribution is 6.66. The lowest BCUT2D eigenvalue weighted by Gasteiger charge is -2.22. The monoisotopic (exact) mass is 235 g/mol. The van der Waals surface area contributed by atoms with Gasteiger partial charge < -0.3 is 8.85 Å². The van der Waals surface area contributed by atoms with Gasteiger partial charge in [-0.3, -0.25) is 0 Å². The van der Waals surface area contributed by atoms with Gasteiger partial charge in [0.15, 0.2) is 0 Å². The summed E-state index contributed by atoms with van der Waals surface area (Å²) < 4.78 is 10.8. The molecule has 0 aliphatic carbocycles. The SMILES string of the molecule is C=Cc1ccc([CH]C[Si](C)(OC)OC)cc1. The van der Waals surface area contributed by atoms with Crippen molar-refractivity contribution in [1.82, 2.24) is 0 Å². The van der Waals surface area contributed by atoms with Crippen molar-refractivity contribution >= 4 is 14.6 Å². The third-order valence-electron chi connectivity index (χ3n) is 2.74. The van der Waals surface area contributed by atoms with Gasteiger partial charge in [-0.05, 0) is 30.1 Å². The minimum atomic E-state index is -1.98. The molecule has 1 aromatic rings. The van der Waals surface area contributed by atoms with Crippen LogP contribution in [-0.4, -0.2) is 22.8 Å². The lowest BCUT2D eigenvalue weighted by atomic mass is 10.1. The topological polar surface area (TPSA) is 18.5 Å². The van der Waals surface area contributed by atoms with Crippen LogP contribution in [0.5, 0.6) is 0 Å². The molecule has 2 nitrogen and oxygen atoms in total. The van der Waals surface area contributed by atoms with Crippen LogP contribution < -0.4 is 0 Å². The average Bonchev–Trinajstić information content (AvgIpc) is 2.36. The molecule has 1 aromatic carbocycles. The zero-order valence-corrected chi connectivity index (χ0v) is 11.2. The second-order valence-corrected chi connectivity index (χ2v) is 7.31. The Morgan fingerprint density at radius 2 is 1.62 bits per heavy atom. The molecule has 0 saturated carbocycles. The summed E-state index contributed by atoms with van der Waals surface area (Å²) in [4.78, 5) is 0. The van der Waals surface area contributed by atoms with E-state index < -0.39 is 8.56 Å². The summed E-state index contributed by atoms with van der Waals surface area (Å²) in [6.45, 7) is 5.79. The lowest BCUT2D eigenvalue weighted by molar-refractivity contribution is 0.252. The summed E-state index contributed by atoms with van der Waals surface area (Å²) in [5.74, 6) is 0. The van der Waals surface area contributed by atoms with E-state index in [-0.39, 0.29) is 0 Å². The second kappa shape index (κ2) is 5.99. The minimum Gasteiger partial charge on any atom is -0.398 e. The Hall–Kier alpha value is -0.903. The molecule has 0 aromatic heterocycles. The summed E-state index contributed by atoms with van der Waals surface area (Å²) in [6.07, 6.45) is 4.00. The molecule has 0 saturated heterocycles. The Kier molecular flexibility index (Phi) is 4.93. The van der Waals surface area contributed by atoms with Gasteiger partial charge in [0.25, 0.3) is 0 Å². The molecule has 0 atom stereocenters. The van der Waals surface area contributed by atoms with Crippen molar-refractivity contribution in [2.45, 2.75) is 12.6 Å². The Balaban J connectivity index is 2.57. The van der Waals surface area contributed by atoms with Crippen LogP contribution in [0.2, 0.25) is 12.6 Å². The number of hydrogen-bond acceptors (Lipinski definition) is 2. The van der Waals surface area contributed by atoms with Gasteiger partial charge in [-0.1, -0.05) is 36.9 Å². The Bertz CT molecular complexity index is 328. The van der Waals surface area contributed by atoms with Crippen LogP contribution >= 0.6 is 0 Å². The van der Waals surface area contributed by atoms with Gasteiger partial charge in [0.2, 0.25) is 0 Å².